The smallest absolute Gasteiger partial charge is 0.244 e. The highest BCUT2D eigenvalue weighted by molar-refractivity contribution is 7.89. The van der Waals surface area contributed by atoms with E-state index in [0.717, 1.165) is 12.8 Å². The highest BCUT2D eigenvalue weighted by Crippen LogP contribution is 2.37. The molecule has 0 aliphatic heterocycles. The maximum atomic E-state index is 12.6. The third-order valence-electron chi connectivity index (χ3n) is 3.59. The lowest BCUT2D eigenvalue weighted by molar-refractivity contribution is 0.340. The summed E-state index contributed by atoms with van der Waals surface area (Å²) in [4.78, 5) is -0.0418. The molecule has 7 heteroatoms. The van der Waals surface area contributed by atoms with Crippen molar-refractivity contribution in [2.75, 3.05) is 13.6 Å². The molecule has 0 amide bonds. The molecule has 1 aliphatic carbocycles. The topological polar surface area (TPSA) is 87.2 Å². The molecule has 2 N–H and O–H groups in total. The van der Waals surface area contributed by atoms with Gasteiger partial charge >= 0.3 is 0 Å². The van der Waals surface area contributed by atoms with Gasteiger partial charge in [0.15, 0.2) is 0 Å². The number of halogens is 1. The van der Waals surface area contributed by atoms with Crippen molar-refractivity contribution < 1.29 is 8.42 Å². The SMILES string of the molecule is CN(C(CN)C1CC1)S(=O)(=O)c1cc(C#N)ccc1Cl. The molecule has 1 aliphatic rings. The Morgan fingerprint density at radius 2 is 2.20 bits per heavy atom. The zero-order chi connectivity index (χ0) is 14.9. The van der Waals surface area contributed by atoms with Gasteiger partial charge in [-0.15, -0.1) is 0 Å². The Balaban J connectivity index is 2.41. The molecule has 0 bridgehead atoms. The van der Waals surface area contributed by atoms with Gasteiger partial charge in [-0.2, -0.15) is 9.57 Å². The van der Waals surface area contributed by atoms with Crippen LogP contribution in [0.5, 0.6) is 0 Å². The molecule has 2 rings (SSSR count). The van der Waals surface area contributed by atoms with Crippen LogP contribution in [0.25, 0.3) is 0 Å². The van der Waals surface area contributed by atoms with E-state index >= 15 is 0 Å². The average molecular weight is 314 g/mol. The predicted octanol–water partition coefficient (Wildman–Crippen LogP) is 1.57. The lowest BCUT2D eigenvalue weighted by atomic mass is 10.2. The van der Waals surface area contributed by atoms with E-state index in [9.17, 15) is 8.42 Å². The molecule has 1 aromatic rings. The van der Waals surface area contributed by atoms with E-state index in [0.29, 0.717) is 5.92 Å². The van der Waals surface area contributed by atoms with Crippen LogP contribution in [0.1, 0.15) is 18.4 Å². The Kier molecular flexibility index (Phi) is 4.35. The molecule has 0 aromatic heterocycles. The molecular formula is C13H16ClN3O2S. The number of nitriles is 1. The van der Waals surface area contributed by atoms with Gasteiger partial charge in [0.05, 0.1) is 16.7 Å². The van der Waals surface area contributed by atoms with E-state index < -0.39 is 10.0 Å². The number of sulfonamides is 1. The predicted molar refractivity (Wildman–Crippen MR) is 76.7 cm³/mol. The molecular weight excluding hydrogens is 298 g/mol. The van der Waals surface area contributed by atoms with Crippen molar-refractivity contribution in [1.29, 1.82) is 5.26 Å². The van der Waals surface area contributed by atoms with E-state index in [1.165, 1.54) is 29.6 Å². The molecule has 0 radical (unpaired) electrons. The maximum absolute atomic E-state index is 12.6. The Morgan fingerprint density at radius 1 is 1.55 bits per heavy atom. The molecule has 1 unspecified atom stereocenters. The fourth-order valence-electron chi connectivity index (χ4n) is 2.22. The summed E-state index contributed by atoms with van der Waals surface area (Å²) in [5.41, 5.74) is 5.95. The van der Waals surface area contributed by atoms with Gasteiger partial charge in [0.1, 0.15) is 4.90 Å². The number of hydrogen-bond acceptors (Lipinski definition) is 4. The molecule has 0 spiro atoms. The van der Waals surface area contributed by atoms with Gasteiger partial charge in [0.25, 0.3) is 0 Å². The van der Waals surface area contributed by atoms with Crippen LogP contribution in [0.15, 0.2) is 23.1 Å². The first-order chi connectivity index (χ1) is 9.41. The van der Waals surface area contributed by atoms with E-state index in [1.807, 2.05) is 6.07 Å². The molecule has 108 valence electrons. The summed E-state index contributed by atoms with van der Waals surface area (Å²) in [6.07, 6.45) is 1.99. The quantitative estimate of drug-likeness (QED) is 0.893. The third-order valence-corrected chi connectivity index (χ3v) is 5.96. The van der Waals surface area contributed by atoms with Gasteiger partial charge in [0, 0.05) is 19.6 Å². The van der Waals surface area contributed by atoms with Gasteiger partial charge in [-0.3, -0.25) is 0 Å². The van der Waals surface area contributed by atoms with Gasteiger partial charge in [-0.05, 0) is 37.0 Å². The molecule has 1 atom stereocenters. The van der Waals surface area contributed by atoms with Crippen molar-refractivity contribution in [2.45, 2.75) is 23.8 Å². The fourth-order valence-corrected chi connectivity index (χ4v) is 4.15. The van der Waals surface area contributed by atoms with Crippen molar-refractivity contribution in [2.24, 2.45) is 11.7 Å². The van der Waals surface area contributed by atoms with Crippen molar-refractivity contribution in [1.82, 2.24) is 4.31 Å². The molecule has 0 heterocycles. The van der Waals surface area contributed by atoms with Crippen LogP contribution in [0.3, 0.4) is 0 Å². The van der Waals surface area contributed by atoms with Gasteiger partial charge < -0.3 is 5.73 Å². The van der Waals surface area contributed by atoms with Gasteiger partial charge in [-0.25, -0.2) is 8.42 Å². The monoisotopic (exact) mass is 313 g/mol. The number of nitrogens with zero attached hydrogens (tertiary/aromatic N) is 2. The first-order valence-electron chi connectivity index (χ1n) is 6.29. The molecule has 1 fully saturated rings. The van der Waals surface area contributed by atoms with Crippen LogP contribution in [-0.4, -0.2) is 32.4 Å². The van der Waals surface area contributed by atoms with Crippen LogP contribution < -0.4 is 5.73 Å². The molecule has 1 aromatic carbocycles. The van der Waals surface area contributed by atoms with Crippen LogP contribution >= 0.6 is 11.6 Å². The van der Waals surface area contributed by atoms with E-state index in [-0.39, 0.29) is 28.1 Å². The van der Waals surface area contributed by atoms with Gasteiger partial charge in [-0.1, -0.05) is 11.6 Å². The minimum atomic E-state index is -3.75. The van der Waals surface area contributed by atoms with E-state index in [2.05, 4.69) is 0 Å². The number of rotatable bonds is 5. The van der Waals surface area contributed by atoms with Crippen LogP contribution in [0, 0.1) is 17.2 Å². The average Bonchev–Trinajstić information content (AvgIpc) is 3.24. The normalized spacial score (nSPS) is 16.9. The first-order valence-corrected chi connectivity index (χ1v) is 8.11. The Labute approximate surface area is 124 Å². The third kappa shape index (κ3) is 2.81. The molecule has 0 saturated heterocycles. The second-order valence-corrected chi connectivity index (χ2v) is 7.29. The standard InChI is InChI=1S/C13H16ClN3O2S/c1-17(12(8-16)10-3-4-10)20(18,19)13-6-9(7-15)2-5-11(13)14/h2,5-6,10,12H,3-4,8,16H2,1H3. The second kappa shape index (κ2) is 5.70. The van der Waals surface area contributed by atoms with Crippen LogP contribution in [-0.2, 0) is 10.0 Å². The minimum absolute atomic E-state index is 0.0418. The lowest BCUT2D eigenvalue weighted by Gasteiger charge is -2.26. The van der Waals surface area contributed by atoms with Crippen molar-refractivity contribution in [3.05, 3.63) is 28.8 Å². The van der Waals surface area contributed by atoms with Gasteiger partial charge in [0.2, 0.25) is 10.0 Å². The maximum Gasteiger partial charge on any atom is 0.244 e. The van der Waals surface area contributed by atoms with Crippen LogP contribution in [0.4, 0.5) is 0 Å². The van der Waals surface area contributed by atoms with E-state index in [1.54, 1.807) is 0 Å². The summed E-state index contributed by atoms with van der Waals surface area (Å²) < 4.78 is 26.5. The first kappa shape index (κ1) is 15.3. The largest absolute Gasteiger partial charge is 0.329 e. The second-order valence-electron chi connectivity index (χ2n) is 4.92. The Hall–Kier alpha value is -1.13. The number of benzene rings is 1. The van der Waals surface area contributed by atoms with Crippen molar-refractivity contribution in [3.63, 3.8) is 0 Å². The van der Waals surface area contributed by atoms with Crippen molar-refractivity contribution in [3.8, 4) is 6.07 Å². The zero-order valence-electron chi connectivity index (χ0n) is 11.1. The van der Waals surface area contributed by atoms with E-state index in [4.69, 9.17) is 22.6 Å². The molecule has 1 saturated carbocycles. The van der Waals surface area contributed by atoms with Crippen LogP contribution in [0.2, 0.25) is 5.02 Å². The highest BCUT2D eigenvalue weighted by Gasteiger charge is 2.38. The summed E-state index contributed by atoms with van der Waals surface area (Å²) >= 11 is 5.98. The van der Waals surface area contributed by atoms with Crippen molar-refractivity contribution >= 4 is 21.6 Å². The summed E-state index contributed by atoms with van der Waals surface area (Å²) in [6.45, 7) is 0.274. The number of likely N-dealkylation sites (N-methyl/N-ethyl adjacent to an activating group) is 1. The number of hydrogen-bond donors (Lipinski definition) is 1. The zero-order valence-corrected chi connectivity index (χ0v) is 12.7. The molecule has 5 nitrogen and oxygen atoms in total. The fraction of sp³-hybridized carbons (Fsp3) is 0.462. The summed E-state index contributed by atoms with van der Waals surface area (Å²) in [5.74, 6) is 0.317. The summed E-state index contributed by atoms with van der Waals surface area (Å²) in [5, 5.41) is 9.00. The Bertz CT molecular complexity index is 650. The number of nitrogens with two attached hydrogens (primary N) is 1. The summed E-state index contributed by atoms with van der Waals surface area (Å²) in [7, 11) is -2.23. The Morgan fingerprint density at radius 3 is 2.70 bits per heavy atom. The minimum Gasteiger partial charge on any atom is -0.329 e. The highest BCUT2D eigenvalue weighted by atomic mass is 35.5. The summed E-state index contributed by atoms with van der Waals surface area (Å²) in [6, 6.07) is 5.91. The lowest BCUT2D eigenvalue weighted by Crippen LogP contribution is -2.43. The molecule has 20 heavy (non-hydrogen) atoms.